The molecule has 5 rings (SSSR count). The maximum absolute atomic E-state index is 12.9. The van der Waals surface area contributed by atoms with Crippen molar-refractivity contribution in [1.29, 1.82) is 0 Å². The lowest BCUT2D eigenvalue weighted by Gasteiger charge is -2.17. The maximum atomic E-state index is 12.9. The van der Waals surface area contributed by atoms with Gasteiger partial charge in [0.15, 0.2) is 12.4 Å². The second-order valence-electron chi connectivity index (χ2n) is 7.75. The molecule has 12 heteroatoms. The Hall–Kier alpha value is -3.83. The summed E-state index contributed by atoms with van der Waals surface area (Å²) in [6.45, 7) is 2.37. The fraction of sp³-hybridized carbons (Fsp3) is 0.450. The number of aromatic nitrogens is 8. The molecule has 32 heavy (non-hydrogen) atoms. The normalized spacial score (nSPS) is 14.3. The summed E-state index contributed by atoms with van der Waals surface area (Å²) >= 11 is 0. The summed E-state index contributed by atoms with van der Waals surface area (Å²) in [5.41, 5.74) is 1.74. The van der Waals surface area contributed by atoms with Crippen molar-refractivity contribution in [2.75, 3.05) is 6.61 Å². The molecule has 1 fully saturated rings. The lowest BCUT2D eigenvalue weighted by Crippen LogP contribution is -2.14. The Kier molecular flexibility index (Phi) is 5.48. The second kappa shape index (κ2) is 8.73. The number of nitrogens with zero attached hydrogens (tertiary/aromatic N) is 6. The second-order valence-corrected chi connectivity index (χ2v) is 7.75. The van der Waals surface area contributed by atoms with Gasteiger partial charge in [-0.15, -0.1) is 20.4 Å². The fourth-order valence-corrected chi connectivity index (χ4v) is 4.28. The molecule has 4 aromatic rings. The molecule has 3 aromatic heterocycles. The topological polar surface area (TPSA) is 158 Å². The quantitative estimate of drug-likeness (QED) is 0.390. The Bertz CT molecular complexity index is 1250. The fourth-order valence-electron chi connectivity index (χ4n) is 4.28. The minimum Gasteiger partial charge on any atom is -0.493 e. The number of aromatic amines is 2. The summed E-state index contributed by atoms with van der Waals surface area (Å²) in [4.78, 5) is 12.9. The van der Waals surface area contributed by atoms with Crippen LogP contribution in [-0.4, -0.2) is 47.9 Å². The van der Waals surface area contributed by atoms with Gasteiger partial charge >= 0.3 is 5.63 Å². The zero-order chi connectivity index (χ0) is 21.9. The average molecular weight is 438 g/mol. The summed E-state index contributed by atoms with van der Waals surface area (Å²) in [6.07, 6.45) is 4.70. The van der Waals surface area contributed by atoms with Crippen LogP contribution in [0.3, 0.4) is 0 Å². The van der Waals surface area contributed by atoms with E-state index >= 15 is 0 Å². The third-order valence-corrected chi connectivity index (χ3v) is 5.73. The molecule has 0 saturated heterocycles. The molecule has 3 heterocycles. The van der Waals surface area contributed by atoms with Crippen LogP contribution >= 0.6 is 0 Å². The third kappa shape index (κ3) is 4.03. The lowest BCUT2D eigenvalue weighted by molar-refractivity contribution is 0.290. The molecule has 0 bridgehead atoms. The van der Waals surface area contributed by atoms with Gasteiger partial charge in [0.1, 0.15) is 17.1 Å². The van der Waals surface area contributed by atoms with Crippen LogP contribution in [0.4, 0.5) is 0 Å². The van der Waals surface area contributed by atoms with Crippen molar-refractivity contribution in [3.63, 3.8) is 0 Å². The molecule has 1 aliphatic rings. The number of ether oxygens (including phenoxy) is 2. The van der Waals surface area contributed by atoms with Crippen LogP contribution in [0.15, 0.2) is 21.3 Å². The van der Waals surface area contributed by atoms with Crippen molar-refractivity contribution in [1.82, 2.24) is 41.2 Å². The van der Waals surface area contributed by atoms with E-state index in [1.54, 1.807) is 12.1 Å². The molecule has 0 radical (unpaired) electrons. The van der Waals surface area contributed by atoms with Gasteiger partial charge in [-0.1, -0.05) is 23.3 Å². The monoisotopic (exact) mass is 438 g/mol. The predicted octanol–water partition coefficient (Wildman–Crippen LogP) is 1.99. The van der Waals surface area contributed by atoms with Crippen molar-refractivity contribution >= 4 is 11.0 Å². The lowest BCUT2D eigenvalue weighted by atomic mass is 9.93. The van der Waals surface area contributed by atoms with E-state index in [1.165, 1.54) is 0 Å². The summed E-state index contributed by atoms with van der Waals surface area (Å²) in [5, 5.41) is 28.3. The van der Waals surface area contributed by atoms with E-state index in [2.05, 4.69) is 41.2 Å². The van der Waals surface area contributed by atoms with Crippen LogP contribution in [0.5, 0.6) is 11.5 Å². The van der Waals surface area contributed by atoms with Crippen LogP contribution in [0.25, 0.3) is 11.0 Å². The minimum absolute atomic E-state index is 0.106. The van der Waals surface area contributed by atoms with Gasteiger partial charge in [-0.3, -0.25) is 0 Å². The van der Waals surface area contributed by atoms with Crippen molar-refractivity contribution < 1.29 is 13.9 Å². The Balaban J connectivity index is 1.51. The molecule has 166 valence electrons. The van der Waals surface area contributed by atoms with E-state index in [9.17, 15) is 4.79 Å². The SMILES string of the molecule is Cc1c(C2CCCC2)c(=O)oc2cc(OCCc3nn[nH]n3)cc(OCc3nn[nH]n3)c12. The first-order chi connectivity index (χ1) is 15.7. The van der Waals surface area contributed by atoms with Crippen LogP contribution in [0.1, 0.15) is 54.4 Å². The number of rotatable bonds is 8. The molecule has 0 spiro atoms. The molecule has 12 nitrogen and oxygen atoms in total. The molecule has 2 N–H and O–H groups in total. The Morgan fingerprint density at radius 1 is 1.06 bits per heavy atom. The van der Waals surface area contributed by atoms with Gasteiger partial charge in [0.25, 0.3) is 0 Å². The van der Waals surface area contributed by atoms with Crippen molar-refractivity contribution in [2.24, 2.45) is 0 Å². The van der Waals surface area contributed by atoms with Gasteiger partial charge in [0.05, 0.1) is 12.0 Å². The van der Waals surface area contributed by atoms with Crippen LogP contribution in [-0.2, 0) is 13.0 Å². The molecule has 0 amide bonds. The number of fused-ring (bicyclic) bond motifs is 1. The first kappa shape index (κ1) is 20.1. The molecular formula is C20H22N8O4. The molecular weight excluding hydrogens is 416 g/mol. The number of hydrogen-bond acceptors (Lipinski definition) is 10. The standard InChI is InChI=1S/C20H22N8O4/c1-11-18(12-4-2-3-5-12)20(29)32-15-9-13(30-7-6-16-21-25-26-22-16)8-14(19(11)15)31-10-17-23-27-28-24-17/h8-9,12H,2-7,10H2,1H3,(H,21,22,25,26)(H,23,24,27,28). The molecule has 0 unspecified atom stereocenters. The van der Waals surface area contributed by atoms with E-state index < -0.39 is 0 Å². The van der Waals surface area contributed by atoms with E-state index in [0.29, 0.717) is 41.8 Å². The highest BCUT2D eigenvalue weighted by molar-refractivity contribution is 5.89. The van der Waals surface area contributed by atoms with E-state index in [1.807, 2.05) is 6.92 Å². The van der Waals surface area contributed by atoms with Crippen LogP contribution in [0, 0.1) is 6.92 Å². The Morgan fingerprint density at radius 3 is 2.53 bits per heavy atom. The van der Waals surface area contributed by atoms with Gasteiger partial charge in [-0.25, -0.2) is 4.79 Å². The number of H-pyrrole nitrogens is 2. The van der Waals surface area contributed by atoms with E-state index in [4.69, 9.17) is 13.9 Å². The first-order valence-electron chi connectivity index (χ1n) is 10.5. The Morgan fingerprint density at radius 2 is 1.81 bits per heavy atom. The third-order valence-electron chi connectivity index (χ3n) is 5.73. The zero-order valence-corrected chi connectivity index (χ0v) is 17.5. The summed E-state index contributed by atoms with van der Waals surface area (Å²) in [7, 11) is 0. The number of hydrogen-bond donors (Lipinski definition) is 2. The summed E-state index contributed by atoms with van der Waals surface area (Å²) in [6, 6.07) is 3.49. The highest BCUT2D eigenvalue weighted by Crippen LogP contribution is 2.39. The maximum Gasteiger partial charge on any atom is 0.340 e. The molecule has 1 saturated carbocycles. The number of benzene rings is 1. The predicted molar refractivity (Wildman–Crippen MR) is 110 cm³/mol. The van der Waals surface area contributed by atoms with Gasteiger partial charge < -0.3 is 13.9 Å². The molecule has 1 aliphatic carbocycles. The number of tetrazole rings is 2. The van der Waals surface area contributed by atoms with E-state index in [0.717, 1.165) is 42.2 Å². The van der Waals surface area contributed by atoms with Gasteiger partial charge in [-0.2, -0.15) is 10.4 Å². The highest BCUT2D eigenvalue weighted by atomic mass is 16.5. The largest absolute Gasteiger partial charge is 0.493 e. The van der Waals surface area contributed by atoms with Crippen LogP contribution < -0.4 is 15.1 Å². The van der Waals surface area contributed by atoms with E-state index in [-0.39, 0.29) is 18.2 Å². The first-order valence-corrected chi connectivity index (χ1v) is 10.5. The minimum atomic E-state index is -0.296. The van der Waals surface area contributed by atoms with Gasteiger partial charge in [0, 0.05) is 24.1 Å². The number of nitrogens with one attached hydrogen (secondary N) is 2. The Labute approximate surface area is 181 Å². The van der Waals surface area contributed by atoms with Crippen LogP contribution in [0.2, 0.25) is 0 Å². The average Bonchev–Trinajstić information content (AvgIpc) is 3.55. The molecule has 0 atom stereocenters. The summed E-state index contributed by atoms with van der Waals surface area (Å²) in [5.74, 6) is 2.20. The number of aryl methyl sites for hydroxylation is 1. The van der Waals surface area contributed by atoms with Gasteiger partial charge in [-0.05, 0) is 31.2 Å². The summed E-state index contributed by atoms with van der Waals surface area (Å²) < 4.78 is 17.6. The highest BCUT2D eigenvalue weighted by Gasteiger charge is 2.26. The van der Waals surface area contributed by atoms with Crippen molar-refractivity contribution in [3.8, 4) is 11.5 Å². The van der Waals surface area contributed by atoms with Crippen molar-refractivity contribution in [3.05, 3.63) is 45.3 Å². The zero-order valence-electron chi connectivity index (χ0n) is 17.5. The van der Waals surface area contributed by atoms with Gasteiger partial charge in [0.2, 0.25) is 5.82 Å². The molecule has 1 aromatic carbocycles. The molecule has 0 aliphatic heterocycles. The van der Waals surface area contributed by atoms with Crippen molar-refractivity contribution in [2.45, 2.75) is 51.6 Å². The smallest absolute Gasteiger partial charge is 0.340 e.